The average Bonchev–Trinajstić information content (AvgIpc) is 3.35. The molecule has 1 amide bonds. The van der Waals surface area contributed by atoms with Gasteiger partial charge in [0.2, 0.25) is 0 Å². The molecule has 0 aliphatic rings. The summed E-state index contributed by atoms with van der Waals surface area (Å²) >= 11 is 0. The molecule has 0 atom stereocenters. The van der Waals surface area contributed by atoms with Crippen LogP contribution in [0.25, 0.3) is 33.3 Å². The van der Waals surface area contributed by atoms with Crippen LogP contribution < -0.4 is 10.1 Å². The van der Waals surface area contributed by atoms with Crippen LogP contribution in [0.4, 0.5) is 5.69 Å². The van der Waals surface area contributed by atoms with E-state index in [1.165, 1.54) is 0 Å². The van der Waals surface area contributed by atoms with Crippen molar-refractivity contribution in [3.63, 3.8) is 0 Å². The Morgan fingerprint density at radius 3 is 2.60 bits per heavy atom. The minimum absolute atomic E-state index is 0.194. The van der Waals surface area contributed by atoms with E-state index < -0.39 is 0 Å². The number of H-pyrrole nitrogens is 1. The molecule has 0 aliphatic heterocycles. The quantitative estimate of drug-likeness (QED) is 0.450. The van der Waals surface area contributed by atoms with Gasteiger partial charge in [-0.1, -0.05) is 12.1 Å². The van der Waals surface area contributed by atoms with Crippen molar-refractivity contribution in [1.82, 2.24) is 14.5 Å². The number of carbonyl (C=O) groups excluding carboxylic acids is 1. The maximum Gasteiger partial charge on any atom is 0.272 e. The molecule has 5 aromatic rings. The first kappa shape index (κ1) is 18.0. The van der Waals surface area contributed by atoms with Crippen molar-refractivity contribution < 1.29 is 9.53 Å². The number of aryl methyl sites for hydroxylation is 1. The van der Waals surface area contributed by atoms with Gasteiger partial charge in [0.05, 0.1) is 18.1 Å². The Kier molecular flexibility index (Phi) is 4.25. The second kappa shape index (κ2) is 7.08. The Hall–Kier alpha value is -4.06. The minimum Gasteiger partial charge on any atom is -0.497 e. The third kappa shape index (κ3) is 3.08. The fourth-order valence-electron chi connectivity index (χ4n) is 3.66. The van der Waals surface area contributed by atoms with Gasteiger partial charge in [0, 0.05) is 35.3 Å². The molecule has 2 heterocycles. The smallest absolute Gasteiger partial charge is 0.272 e. The maximum atomic E-state index is 12.7. The zero-order chi connectivity index (χ0) is 20.7. The number of para-hydroxylation sites is 2. The number of fused-ring (bicyclic) bond motifs is 2. The van der Waals surface area contributed by atoms with Crippen molar-refractivity contribution in [2.75, 3.05) is 12.4 Å². The first-order valence-electron chi connectivity index (χ1n) is 9.62. The van der Waals surface area contributed by atoms with Gasteiger partial charge < -0.3 is 19.6 Å². The van der Waals surface area contributed by atoms with E-state index in [4.69, 9.17) is 9.72 Å². The highest BCUT2D eigenvalue weighted by Crippen LogP contribution is 2.25. The molecule has 148 valence electrons. The van der Waals surface area contributed by atoms with E-state index in [0.717, 1.165) is 44.8 Å². The lowest BCUT2D eigenvalue weighted by atomic mass is 10.2. The summed E-state index contributed by atoms with van der Waals surface area (Å²) in [6, 6.07) is 23.3. The van der Waals surface area contributed by atoms with E-state index in [1.807, 2.05) is 73.8 Å². The summed E-state index contributed by atoms with van der Waals surface area (Å²) in [6.07, 6.45) is 0. The fraction of sp³-hybridized carbons (Fsp3) is 0.0833. The Morgan fingerprint density at radius 1 is 1.03 bits per heavy atom. The van der Waals surface area contributed by atoms with Crippen LogP contribution in [-0.4, -0.2) is 27.6 Å². The zero-order valence-electron chi connectivity index (χ0n) is 16.6. The van der Waals surface area contributed by atoms with Crippen molar-refractivity contribution in [3.05, 3.63) is 78.5 Å². The SMILES string of the molecule is COc1ccc2cc(C(=O)Nc3ccc(-c4nc5ccccc5n4C)cc3)[nH]c2c1. The molecule has 6 nitrogen and oxygen atoms in total. The first-order chi connectivity index (χ1) is 14.6. The molecule has 0 aliphatic carbocycles. The predicted octanol–water partition coefficient (Wildman–Crippen LogP) is 4.98. The normalized spacial score (nSPS) is 11.1. The Bertz CT molecular complexity index is 1380. The van der Waals surface area contributed by atoms with Crippen LogP contribution in [-0.2, 0) is 7.05 Å². The van der Waals surface area contributed by atoms with Crippen molar-refractivity contribution in [1.29, 1.82) is 0 Å². The van der Waals surface area contributed by atoms with E-state index >= 15 is 0 Å². The summed E-state index contributed by atoms with van der Waals surface area (Å²) in [7, 11) is 3.63. The Balaban J connectivity index is 1.38. The third-order valence-electron chi connectivity index (χ3n) is 5.26. The van der Waals surface area contributed by atoms with Crippen molar-refractivity contribution in [2.45, 2.75) is 0 Å². The first-order valence-corrected chi connectivity index (χ1v) is 9.62. The second-order valence-electron chi connectivity index (χ2n) is 7.15. The number of carbonyl (C=O) groups is 1. The van der Waals surface area contributed by atoms with Crippen LogP contribution in [0, 0.1) is 0 Å². The third-order valence-corrected chi connectivity index (χ3v) is 5.26. The molecule has 6 heteroatoms. The van der Waals surface area contributed by atoms with Crippen LogP contribution in [0.5, 0.6) is 5.75 Å². The Morgan fingerprint density at radius 2 is 1.83 bits per heavy atom. The maximum absolute atomic E-state index is 12.7. The number of amides is 1. The highest BCUT2D eigenvalue weighted by molar-refractivity contribution is 6.06. The molecule has 0 unspecified atom stereocenters. The number of ether oxygens (including phenoxy) is 1. The van der Waals surface area contributed by atoms with E-state index in [9.17, 15) is 4.79 Å². The summed E-state index contributed by atoms with van der Waals surface area (Å²) in [4.78, 5) is 20.5. The number of imidazole rings is 1. The van der Waals surface area contributed by atoms with E-state index in [2.05, 4.69) is 20.9 Å². The lowest BCUT2D eigenvalue weighted by molar-refractivity contribution is 0.102. The van der Waals surface area contributed by atoms with Gasteiger partial charge >= 0.3 is 0 Å². The van der Waals surface area contributed by atoms with Gasteiger partial charge in [-0.3, -0.25) is 4.79 Å². The number of aromatic nitrogens is 3. The second-order valence-corrected chi connectivity index (χ2v) is 7.15. The number of rotatable bonds is 4. The summed E-state index contributed by atoms with van der Waals surface area (Å²) in [5.74, 6) is 1.44. The van der Waals surface area contributed by atoms with Gasteiger partial charge in [-0.25, -0.2) is 4.98 Å². The molecule has 0 saturated carbocycles. The van der Waals surface area contributed by atoms with Crippen LogP contribution in [0.1, 0.15) is 10.5 Å². The standard InChI is InChI=1S/C24H20N4O2/c1-28-22-6-4-3-5-19(22)27-23(28)15-7-10-17(11-8-15)25-24(29)21-13-16-9-12-18(30-2)14-20(16)26-21/h3-14,26H,1-2H3,(H,25,29). The number of nitrogens with zero attached hydrogens (tertiary/aromatic N) is 2. The highest BCUT2D eigenvalue weighted by atomic mass is 16.5. The number of methoxy groups -OCH3 is 1. The van der Waals surface area contributed by atoms with Gasteiger partial charge in [-0.2, -0.15) is 0 Å². The van der Waals surface area contributed by atoms with E-state index in [0.29, 0.717) is 5.69 Å². The summed E-state index contributed by atoms with van der Waals surface area (Å²) in [5, 5.41) is 3.90. The molecule has 2 N–H and O–H groups in total. The van der Waals surface area contributed by atoms with E-state index in [1.54, 1.807) is 7.11 Å². The minimum atomic E-state index is -0.194. The number of anilines is 1. The van der Waals surface area contributed by atoms with Crippen LogP contribution in [0.15, 0.2) is 72.8 Å². The number of nitrogens with one attached hydrogen (secondary N) is 2. The summed E-state index contributed by atoms with van der Waals surface area (Å²) in [5.41, 5.74) is 5.11. The molecule has 3 aromatic carbocycles. The molecular formula is C24H20N4O2. The molecule has 0 radical (unpaired) electrons. The van der Waals surface area contributed by atoms with Gasteiger partial charge in [-0.15, -0.1) is 0 Å². The fourth-order valence-corrected chi connectivity index (χ4v) is 3.66. The molecular weight excluding hydrogens is 376 g/mol. The van der Waals surface area contributed by atoms with Gasteiger partial charge in [0.25, 0.3) is 5.91 Å². The summed E-state index contributed by atoms with van der Waals surface area (Å²) in [6.45, 7) is 0. The number of aromatic amines is 1. The van der Waals surface area contributed by atoms with Crippen molar-refractivity contribution in [2.24, 2.45) is 7.05 Å². The molecule has 30 heavy (non-hydrogen) atoms. The highest BCUT2D eigenvalue weighted by Gasteiger charge is 2.12. The largest absolute Gasteiger partial charge is 0.497 e. The topological polar surface area (TPSA) is 71.9 Å². The molecule has 0 fully saturated rings. The van der Waals surface area contributed by atoms with Crippen LogP contribution in [0.3, 0.4) is 0 Å². The molecule has 0 saturated heterocycles. The lowest BCUT2D eigenvalue weighted by Crippen LogP contribution is -2.12. The number of hydrogen-bond acceptors (Lipinski definition) is 3. The van der Waals surface area contributed by atoms with E-state index in [-0.39, 0.29) is 5.91 Å². The lowest BCUT2D eigenvalue weighted by Gasteiger charge is -2.06. The van der Waals surface area contributed by atoms with Crippen molar-refractivity contribution >= 4 is 33.5 Å². The van der Waals surface area contributed by atoms with Crippen LogP contribution >= 0.6 is 0 Å². The number of benzene rings is 3. The van der Waals surface area contributed by atoms with Gasteiger partial charge in [0.1, 0.15) is 17.3 Å². The molecule has 2 aromatic heterocycles. The predicted molar refractivity (Wildman–Crippen MR) is 119 cm³/mol. The van der Waals surface area contributed by atoms with Crippen molar-refractivity contribution in [3.8, 4) is 17.1 Å². The monoisotopic (exact) mass is 396 g/mol. The molecule has 0 spiro atoms. The zero-order valence-corrected chi connectivity index (χ0v) is 16.6. The molecule has 0 bridgehead atoms. The van der Waals surface area contributed by atoms with Gasteiger partial charge in [-0.05, 0) is 54.6 Å². The summed E-state index contributed by atoms with van der Waals surface area (Å²) < 4.78 is 7.31. The number of hydrogen-bond donors (Lipinski definition) is 2. The molecule has 5 rings (SSSR count). The Labute approximate surface area is 173 Å². The van der Waals surface area contributed by atoms with Gasteiger partial charge in [0.15, 0.2) is 0 Å². The van der Waals surface area contributed by atoms with Crippen LogP contribution in [0.2, 0.25) is 0 Å². The average molecular weight is 396 g/mol.